The predicted octanol–water partition coefficient (Wildman–Crippen LogP) is 2.36. The van der Waals surface area contributed by atoms with Crippen molar-refractivity contribution in [3.63, 3.8) is 0 Å². The molecule has 0 radical (unpaired) electrons. The van der Waals surface area contributed by atoms with Crippen molar-refractivity contribution in [2.24, 2.45) is 0 Å². The molecule has 1 aromatic heterocycles. The number of ether oxygens (including phenoxy) is 1. The van der Waals surface area contributed by atoms with Crippen LogP contribution in [0.15, 0.2) is 40.8 Å². The Morgan fingerprint density at radius 2 is 2.00 bits per heavy atom. The van der Waals surface area contributed by atoms with Gasteiger partial charge in [0, 0.05) is 11.6 Å². The molecule has 0 aliphatic heterocycles. The van der Waals surface area contributed by atoms with E-state index in [0.717, 1.165) is 5.56 Å². The van der Waals surface area contributed by atoms with Crippen LogP contribution in [0.5, 0.6) is 0 Å². The minimum atomic E-state index is -1.22. The smallest absolute Gasteiger partial charge is 0.336 e. The maximum absolute atomic E-state index is 11.6. The molecule has 1 heterocycles. The number of carbonyl (C=O) groups excluding carboxylic acids is 2. The lowest BCUT2D eigenvalue weighted by atomic mass is 10.1. The summed E-state index contributed by atoms with van der Waals surface area (Å²) in [5.74, 6) is -0.652. The molecule has 0 amide bonds. The summed E-state index contributed by atoms with van der Waals surface area (Å²) in [5.41, 5.74) is 0.985. The molecule has 1 unspecified atom stereocenters. The third-order valence-corrected chi connectivity index (χ3v) is 3.03. The van der Waals surface area contributed by atoms with Gasteiger partial charge in [0.1, 0.15) is 17.4 Å². The predicted molar refractivity (Wildman–Crippen MR) is 79.0 cm³/mol. The summed E-state index contributed by atoms with van der Waals surface area (Å²) in [4.78, 5) is 23.1. The van der Waals surface area contributed by atoms with Gasteiger partial charge in [-0.25, -0.2) is 4.79 Å². The summed E-state index contributed by atoms with van der Waals surface area (Å²) in [5, 5.41) is 11.8. The van der Waals surface area contributed by atoms with E-state index in [-0.39, 0.29) is 11.4 Å². The summed E-state index contributed by atoms with van der Waals surface area (Å²) >= 11 is 0. The van der Waals surface area contributed by atoms with Crippen molar-refractivity contribution in [2.75, 3.05) is 12.4 Å². The first-order valence-electron chi connectivity index (χ1n) is 6.51. The van der Waals surface area contributed by atoms with E-state index in [0.29, 0.717) is 5.76 Å². The molecule has 0 aliphatic rings. The van der Waals surface area contributed by atoms with E-state index in [1.165, 1.54) is 14.0 Å². The Morgan fingerprint density at radius 1 is 1.32 bits per heavy atom. The lowest BCUT2D eigenvalue weighted by Gasteiger charge is -2.12. The quantitative estimate of drug-likeness (QED) is 0.673. The molecule has 0 fully saturated rings. The Kier molecular flexibility index (Phi) is 4.59. The highest BCUT2D eigenvalue weighted by molar-refractivity contribution is 6.04. The Morgan fingerprint density at radius 3 is 2.55 bits per heavy atom. The van der Waals surface area contributed by atoms with E-state index >= 15 is 0 Å². The average molecular weight is 298 g/mol. The third-order valence-electron chi connectivity index (χ3n) is 3.03. The largest absolute Gasteiger partial charge is 0.467 e. The first-order valence-corrected chi connectivity index (χ1v) is 6.51. The molecule has 1 atom stereocenters. The number of rotatable bonds is 5. The minimum absolute atomic E-state index is 0.0620. The van der Waals surface area contributed by atoms with Crippen molar-refractivity contribution in [3.8, 4) is 17.4 Å². The SMILES string of the molecule is COC(=O)C(Nc1oc(-c2ccccc2)cc1C#N)C(C)=O. The summed E-state index contributed by atoms with van der Waals surface area (Å²) in [6.45, 7) is 1.25. The van der Waals surface area contributed by atoms with Crippen molar-refractivity contribution in [2.45, 2.75) is 13.0 Å². The number of furan rings is 1. The number of esters is 1. The van der Waals surface area contributed by atoms with Crippen molar-refractivity contribution >= 4 is 17.6 Å². The second kappa shape index (κ2) is 6.59. The number of methoxy groups -OCH3 is 1. The Balaban J connectivity index is 2.35. The molecule has 22 heavy (non-hydrogen) atoms. The minimum Gasteiger partial charge on any atom is -0.467 e. The van der Waals surface area contributed by atoms with Crippen molar-refractivity contribution < 1.29 is 18.7 Å². The molecular formula is C16H14N2O4. The van der Waals surface area contributed by atoms with E-state index < -0.39 is 17.8 Å². The number of hydrogen-bond donors (Lipinski definition) is 1. The van der Waals surface area contributed by atoms with E-state index in [1.807, 2.05) is 36.4 Å². The number of Topliss-reactive ketones (excluding diaryl/α,β-unsaturated/α-hetero) is 1. The molecule has 0 saturated heterocycles. The van der Waals surface area contributed by atoms with Crippen LogP contribution in [0.25, 0.3) is 11.3 Å². The average Bonchev–Trinajstić information content (AvgIpc) is 2.95. The van der Waals surface area contributed by atoms with Crippen LogP contribution < -0.4 is 5.32 Å². The highest BCUT2D eigenvalue weighted by Gasteiger charge is 2.26. The van der Waals surface area contributed by atoms with E-state index in [1.54, 1.807) is 6.07 Å². The van der Waals surface area contributed by atoms with Crippen LogP contribution >= 0.6 is 0 Å². The standard InChI is InChI=1S/C16H14N2O4/c1-10(19)14(16(20)21-2)18-15-12(9-17)8-13(22-15)11-6-4-3-5-7-11/h3-8,14,18H,1-2H3. The summed E-state index contributed by atoms with van der Waals surface area (Å²) in [6.07, 6.45) is 0. The van der Waals surface area contributed by atoms with Gasteiger partial charge in [-0.05, 0) is 6.92 Å². The van der Waals surface area contributed by atoms with Gasteiger partial charge >= 0.3 is 5.97 Å². The lowest BCUT2D eigenvalue weighted by molar-refractivity contribution is -0.144. The van der Waals surface area contributed by atoms with Crippen LogP contribution in [0.4, 0.5) is 5.88 Å². The Hall–Kier alpha value is -3.07. The van der Waals surface area contributed by atoms with Gasteiger partial charge in [-0.2, -0.15) is 5.26 Å². The van der Waals surface area contributed by atoms with E-state index in [4.69, 9.17) is 4.42 Å². The van der Waals surface area contributed by atoms with Crippen LogP contribution in [0.1, 0.15) is 12.5 Å². The summed E-state index contributed by atoms with van der Waals surface area (Å²) in [7, 11) is 1.18. The fourth-order valence-corrected chi connectivity index (χ4v) is 1.90. The molecule has 2 aromatic rings. The summed E-state index contributed by atoms with van der Waals surface area (Å²) < 4.78 is 10.1. The maximum atomic E-state index is 11.6. The van der Waals surface area contributed by atoms with Crippen LogP contribution in [-0.4, -0.2) is 24.9 Å². The lowest BCUT2D eigenvalue weighted by Crippen LogP contribution is -2.37. The fourth-order valence-electron chi connectivity index (χ4n) is 1.90. The molecule has 1 N–H and O–H groups in total. The van der Waals surface area contributed by atoms with Crippen LogP contribution in [0.2, 0.25) is 0 Å². The first kappa shape index (κ1) is 15.3. The number of nitrogens with one attached hydrogen (secondary N) is 1. The van der Waals surface area contributed by atoms with E-state index in [2.05, 4.69) is 10.1 Å². The fraction of sp³-hybridized carbons (Fsp3) is 0.188. The van der Waals surface area contributed by atoms with Crippen molar-refractivity contribution in [3.05, 3.63) is 42.0 Å². The number of nitrogens with zero attached hydrogens (tertiary/aromatic N) is 1. The number of hydrogen-bond acceptors (Lipinski definition) is 6. The normalized spacial score (nSPS) is 11.3. The Labute approximate surface area is 127 Å². The topological polar surface area (TPSA) is 92.3 Å². The molecule has 2 rings (SSSR count). The van der Waals surface area contributed by atoms with Crippen molar-refractivity contribution in [1.29, 1.82) is 5.26 Å². The monoisotopic (exact) mass is 298 g/mol. The van der Waals surface area contributed by atoms with Gasteiger partial charge in [0.2, 0.25) is 5.88 Å². The molecule has 112 valence electrons. The van der Waals surface area contributed by atoms with Gasteiger partial charge < -0.3 is 14.5 Å². The van der Waals surface area contributed by atoms with Gasteiger partial charge in [-0.1, -0.05) is 30.3 Å². The maximum Gasteiger partial charge on any atom is 0.336 e. The molecule has 0 aliphatic carbocycles. The second-order valence-corrected chi connectivity index (χ2v) is 4.54. The number of carbonyl (C=O) groups is 2. The molecule has 0 saturated carbocycles. The molecule has 0 spiro atoms. The summed E-state index contributed by atoms with van der Waals surface area (Å²) in [6, 6.07) is 11.5. The highest BCUT2D eigenvalue weighted by atomic mass is 16.5. The zero-order valence-electron chi connectivity index (χ0n) is 12.1. The highest BCUT2D eigenvalue weighted by Crippen LogP contribution is 2.29. The molecule has 1 aromatic carbocycles. The zero-order chi connectivity index (χ0) is 16.1. The Bertz CT molecular complexity index is 728. The van der Waals surface area contributed by atoms with Gasteiger partial charge in [0.05, 0.1) is 7.11 Å². The van der Waals surface area contributed by atoms with Crippen LogP contribution in [-0.2, 0) is 14.3 Å². The van der Waals surface area contributed by atoms with Gasteiger partial charge in [-0.3, -0.25) is 4.79 Å². The zero-order valence-corrected chi connectivity index (χ0v) is 12.1. The molecule has 6 heteroatoms. The number of anilines is 1. The van der Waals surface area contributed by atoms with Gasteiger partial charge in [0.25, 0.3) is 0 Å². The molecule has 6 nitrogen and oxygen atoms in total. The molecular weight excluding hydrogens is 284 g/mol. The van der Waals surface area contributed by atoms with Crippen LogP contribution in [0.3, 0.4) is 0 Å². The van der Waals surface area contributed by atoms with Crippen molar-refractivity contribution in [1.82, 2.24) is 0 Å². The van der Waals surface area contributed by atoms with Gasteiger partial charge in [0.15, 0.2) is 11.8 Å². The van der Waals surface area contributed by atoms with Crippen LogP contribution in [0, 0.1) is 11.3 Å². The number of benzene rings is 1. The molecule has 0 bridgehead atoms. The third kappa shape index (κ3) is 3.15. The van der Waals surface area contributed by atoms with E-state index in [9.17, 15) is 14.9 Å². The van der Waals surface area contributed by atoms with Gasteiger partial charge in [-0.15, -0.1) is 0 Å². The number of nitriles is 1. The first-order chi connectivity index (χ1) is 10.6. The number of ketones is 1. The second-order valence-electron chi connectivity index (χ2n) is 4.54.